The molecule has 0 aliphatic carbocycles. The van der Waals surface area contributed by atoms with Crippen LogP contribution >= 0.6 is 0 Å². The van der Waals surface area contributed by atoms with Crippen molar-refractivity contribution in [3.05, 3.63) is 72.4 Å². The van der Waals surface area contributed by atoms with Crippen molar-refractivity contribution in [1.82, 2.24) is 14.7 Å². The molecule has 1 aromatic heterocycles. The molecule has 5 nitrogen and oxygen atoms in total. The van der Waals surface area contributed by atoms with Gasteiger partial charge in [0.2, 0.25) is 0 Å². The van der Waals surface area contributed by atoms with Crippen molar-refractivity contribution in [3.63, 3.8) is 0 Å². The van der Waals surface area contributed by atoms with E-state index in [9.17, 15) is 4.79 Å². The topological polar surface area (TPSA) is 61.9 Å². The van der Waals surface area contributed by atoms with Crippen LogP contribution in [0.15, 0.2) is 66.9 Å². The van der Waals surface area contributed by atoms with Crippen molar-refractivity contribution in [2.75, 3.05) is 13.1 Å². The predicted octanol–water partition coefficient (Wildman–Crippen LogP) is 4.16. The predicted molar refractivity (Wildman–Crippen MR) is 105 cm³/mol. The molecular formula is C22H22N4O. The Kier molecular flexibility index (Phi) is 5.68. The van der Waals surface area contributed by atoms with Gasteiger partial charge in [0.1, 0.15) is 0 Å². The van der Waals surface area contributed by atoms with Crippen molar-refractivity contribution in [2.45, 2.75) is 13.8 Å². The number of hydrogen-bond acceptors (Lipinski definition) is 3. The molecule has 0 fully saturated rings. The summed E-state index contributed by atoms with van der Waals surface area (Å²) in [4.78, 5) is 14.6. The molecule has 3 rings (SSSR count). The highest BCUT2D eigenvalue weighted by Gasteiger charge is 2.17. The van der Waals surface area contributed by atoms with E-state index >= 15 is 0 Å². The van der Waals surface area contributed by atoms with Crippen LogP contribution in [0.1, 0.15) is 24.2 Å². The van der Waals surface area contributed by atoms with Crippen molar-refractivity contribution in [3.8, 4) is 23.0 Å². The fraction of sp³-hybridized carbons (Fsp3) is 0.227. The maximum Gasteiger partial charge on any atom is 0.253 e. The van der Waals surface area contributed by atoms with Gasteiger partial charge >= 0.3 is 0 Å². The number of benzene rings is 2. The summed E-state index contributed by atoms with van der Waals surface area (Å²) >= 11 is 0. The van der Waals surface area contributed by atoms with Crippen LogP contribution in [0.4, 0.5) is 0 Å². The smallest absolute Gasteiger partial charge is 0.253 e. The highest BCUT2D eigenvalue weighted by atomic mass is 16.2. The van der Waals surface area contributed by atoms with E-state index in [1.54, 1.807) is 17.2 Å². The third kappa shape index (κ3) is 4.06. The van der Waals surface area contributed by atoms with E-state index in [-0.39, 0.29) is 11.8 Å². The van der Waals surface area contributed by atoms with Crippen molar-refractivity contribution in [1.29, 1.82) is 5.26 Å². The van der Waals surface area contributed by atoms with Crippen molar-refractivity contribution in [2.24, 2.45) is 5.92 Å². The lowest BCUT2D eigenvalue weighted by atomic mass is 10.1. The summed E-state index contributed by atoms with van der Waals surface area (Å²) in [5, 5.41) is 13.5. The molecule has 1 atom stereocenters. The average Bonchev–Trinajstić information content (AvgIpc) is 3.22. The van der Waals surface area contributed by atoms with E-state index in [4.69, 9.17) is 5.26 Å². The average molecular weight is 358 g/mol. The summed E-state index contributed by atoms with van der Waals surface area (Å²) in [6, 6.07) is 21.6. The van der Waals surface area contributed by atoms with E-state index in [1.165, 1.54) is 0 Å². The van der Waals surface area contributed by atoms with E-state index in [0.29, 0.717) is 18.7 Å². The van der Waals surface area contributed by atoms with Crippen LogP contribution in [0.3, 0.4) is 0 Å². The fourth-order valence-corrected chi connectivity index (χ4v) is 3.02. The maximum absolute atomic E-state index is 12.9. The Morgan fingerprint density at radius 3 is 2.67 bits per heavy atom. The quantitative estimate of drug-likeness (QED) is 0.665. The Labute approximate surface area is 159 Å². The van der Waals surface area contributed by atoms with Crippen LogP contribution in [0.25, 0.3) is 16.9 Å². The molecule has 0 spiro atoms. The number of amides is 1. The van der Waals surface area contributed by atoms with Gasteiger partial charge in [0.15, 0.2) is 0 Å². The molecular weight excluding hydrogens is 336 g/mol. The Morgan fingerprint density at radius 2 is 1.96 bits per heavy atom. The first-order valence-corrected chi connectivity index (χ1v) is 9.02. The van der Waals surface area contributed by atoms with Gasteiger partial charge in [-0.15, -0.1) is 0 Å². The molecule has 136 valence electrons. The third-order valence-corrected chi connectivity index (χ3v) is 4.43. The van der Waals surface area contributed by atoms with Gasteiger partial charge in [-0.2, -0.15) is 10.4 Å². The normalized spacial score (nSPS) is 11.6. The lowest BCUT2D eigenvalue weighted by Gasteiger charge is -2.22. The first-order valence-electron chi connectivity index (χ1n) is 9.02. The Hall–Kier alpha value is -3.39. The Morgan fingerprint density at radius 1 is 1.19 bits per heavy atom. The van der Waals surface area contributed by atoms with Gasteiger partial charge in [0, 0.05) is 24.2 Å². The second-order valence-electron chi connectivity index (χ2n) is 6.42. The zero-order valence-corrected chi connectivity index (χ0v) is 15.5. The first kappa shape index (κ1) is 18.4. The molecule has 0 N–H and O–H groups in total. The van der Waals surface area contributed by atoms with Gasteiger partial charge in [-0.25, -0.2) is 4.68 Å². The molecule has 1 amide bonds. The summed E-state index contributed by atoms with van der Waals surface area (Å²) < 4.78 is 1.83. The molecule has 27 heavy (non-hydrogen) atoms. The highest BCUT2D eigenvalue weighted by Crippen LogP contribution is 2.23. The van der Waals surface area contributed by atoms with Gasteiger partial charge in [-0.05, 0) is 38.1 Å². The number of carbonyl (C=O) groups excluding carboxylic acids is 1. The van der Waals surface area contributed by atoms with Gasteiger partial charge in [-0.3, -0.25) is 4.79 Å². The summed E-state index contributed by atoms with van der Waals surface area (Å²) in [7, 11) is 0. The largest absolute Gasteiger partial charge is 0.338 e. The molecule has 0 saturated heterocycles. The minimum Gasteiger partial charge on any atom is -0.338 e. The monoisotopic (exact) mass is 358 g/mol. The van der Waals surface area contributed by atoms with Crippen LogP contribution in [0, 0.1) is 17.2 Å². The van der Waals surface area contributed by atoms with E-state index in [0.717, 1.165) is 16.9 Å². The molecule has 0 aliphatic heterocycles. The van der Waals surface area contributed by atoms with Crippen LogP contribution in [-0.4, -0.2) is 33.7 Å². The molecule has 3 aromatic rings. The first-order chi connectivity index (χ1) is 13.1. The lowest BCUT2D eigenvalue weighted by molar-refractivity contribution is 0.0752. The minimum atomic E-state index is -0.201. The highest BCUT2D eigenvalue weighted by molar-refractivity contribution is 5.94. The molecule has 1 unspecified atom stereocenters. The minimum absolute atomic E-state index is 0.0742. The van der Waals surface area contributed by atoms with Gasteiger partial charge in [-0.1, -0.05) is 36.4 Å². The lowest BCUT2D eigenvalue weighted by Crippen LogP contribution is -2.34. The number of hydrogen-bond donors (Lipinski definition) is 0. The molecule has 0 aliphatic rings. The standard InChI is InChI=1S/C22H22N4O/c1-3-25(16-17(2)15-23)22(27)19-10-7-11-20(14-19)26-21(12-13-24-26)18-8-5-4-6-9-18/h4-14,17H,3,16H2,1-2H3. The van der Waals surface area contributed by atoms with Crippen LogP contribution in [0.5, 0.6) is 0 Å². The number of nitriles is 1. The maximum atomic E-state index is 12.9. The van der Waals surface area contributed by atoms with Crippen molar-refractivity contribution < 1.29 is 4.79 Å². The van der Waals surface area contributed by atoms with E-state index in [2.05, 4.69) is 11.2 Å². The number of nitrogens with zero attached hydrogens (tertiary/aromatic N) is 4. The molecule has 0 bridgehead atoms. The van der Waals surface area contributed by atoms with Crippen LogP contribution in [0.2, 0.25) is 0 Å². The van der Waals surface area contributed by atoms with Gasteiger partial charge in [0.25, 0.3) is 5.91 Å². The van der Waals surface area contributed by atoms with Gasteiger partial charge < -0.3 is 4.90 Å². The second kappa shape index (κ2) is 8.33. The van der Waals surface area contributed by atoms with Crippen molar-refractivity contribution >= 4 is 5.91 Å². The Balaban J connectivity index is 1.92. The third-order valence-electron chi connectivity index (χ3n) is 4.43. The summed E-state index contributed by atoms with van der Waals surface area (Å²) in [6.07, 6.45) is 1.75. The second-order valence-corrected chi connectivity index (χ2v) is 6.42. The molecule has 5 heteroatoms. The molecule has 1 heterocycles. The van der Waals surface area contributed by atoms with E-state index in [1.807, 2.05) is 73.1 Å². The number of carbonyl (C=O) groups is 1. The summed E-state index contributed by atoms with van der Waals surface area (Å²) in [5.74, 6) is -0.275. The summed E-state index contributed by atoms with van der Waals surface area (Å²) in [5.41, 5.74) is 3.44. The SMILES string of the molecule is CCN(CC(C)C#N)C(=O)c1cccc(-n2nccc2-c2ccccc2)c1. The van der Waals surface area contributed by atoms with Gasteiger partial charge in [0.05, 0.1) is 29.6 Å². The molecule has 2 aromatic carbocycles. The zero-order chi connectivity index (χ0) is 19.2. The number of rotatable bonds is 6. The number of aromatic nitrogens is 2. The zero-order valence-electron chi connectivity index (χ0n) is 15.5. The summed E-state index contributed by atoms with van der Waals surface area (Å²) in [6.45, 7) is 4.73. The fourth-order valence-electron chi connectivity index (χ4n) is 3.02. The van der Waals surface area contributed by atoms with Crippen LogP contribution < -0.4 is 0 Å². The van der Waals surface area contributed by atoms with E-state index < -0.39 is 0 Å². The van der Waals surface area contributed by atoms with Crippen LogP contribution in [-0.2, 0) is 0 Å². The molecule has 0 saturated carbocycles. The molecule has 0 radical (unpaired) electrons. The Bertz CT molecular complexity index is 956.